The molecule has 100 valence electrons. The van der Waals surface area contributed by atoms with Crippen LogP contribution in [0.2, 0.25) is 0 Å². The quantitative estimate of drug-likeness (QED) is 0.838. The fraction of sp³-hybridized carbons (Fsp3) is 0.462. The lowest BCUT2D eigenvalue weighted by atomic mass is 10.2. The third kappa shape index (κ3) is 3.01. The highest BCUT2D eigenvalue weighted by molar-refractivity contribution is 5.92. The van der Waals surface area contributed by atoms with Crippen LogP contribution in [-0.2, 0) is 0 Å². The van der Waals surface area contributed by atoms with E-state index in [1.54, 1.807) is 6.07 Å². The zero-order valence-electron chi connectivity index (χ0n) is 10.9. The first kappa shape index (κ1) is 13.3. The van der Waals surface area contributed by atoms with Crippen molar-refractivity contribution in [3.63, 3.8) is 0 Å². The topological polar surface area (TPSA) is 86.3 Å². The van der Waals surface area contributed by atoms with Crippen LogP contribution in [0.15, 0.2) is 18.3 Å². The highest BCUT2D eigenvalue weighted by Crippen LogP contribution is 2.15. The number of piperazine rings is 1. The summed E-state index contributed by atoms with van der Waals surface area (Å²) >= 11 is 0. The van der Waals surface area contributed by atoms with E-state index in [0.717, 1.165) is 32.0 Å². The lowest BCUT2D eigenvalue weighted by Gasteiger charge is -2.36. The molecule has 2 N–H and O–H groups in total. The van der Waals surface area contributed by atoms with Gasteiger partial charge in [0.1, 0.15) is 5.82 Å². The second kappa shape index (κ2) is 5.67. The third-order valence-corrected chi connectivity index (χ3v) is 3.41. The van der Waals surface area contributed by atoms with Gasteiger partial charge in [0.15, 0.2) is 0 Å². The molecule has 0 saturated carbocycles. The summed E-state index contributed by atoms with van der Waals surface area (Å²) in [5, 5.41) is 8.89. The van der Waals surface area contributed by atoms with Crippen molar-refractivity contribution in [3.8, 4) is 6.07 Å². The SMILES string of the molecule is CC(C#N)N1CCN(c2ccc(C(N)=O)cn2)CC1. The van der Waals surface area contributed by atoms with Crippen molar-refractivity contribution in [2.45, 2.75) is 13.0 Å². The molecule has 1 fully saturated rings. The maximum atomic E-state index is 11.0. The van der Waals surface area contributed by atoms with Crippen LogP contribution in [0.25, 0.3) is 0 Å². The Hall–Kier alpha value is -2.13. The molecule has 0 radical (unpaired) electrons. The summed E-state index contributed by atoms with van der Waals surface area (Å²) in [4.78, 5) is 19.5. The van der Waals surface area contributed by atoms with E-state index in [1.807, 2.05) is 13.0 Å². The summed E-state index contributed by atoms with van der Waals surface area (Å²) in [6, 6.07) is 5.70. The summed E-state index contributed by atoms with van der Waals surface area (Å²) in [5.74, 6) is 0.376. The van der Waals surface area contributed by atoms with Gasteiger partial charge in [0.2, 0.25) is 5.91 Å². The second-order valence-corrected chi connectivity index (χ2v) is 4.60. The van der Waals surface area contributed by atoms with Crippen molar-refractivity contribution in [2.75, 3.05) is 31.1 Å². The molecule has 19 heavy (non-hydrogen) atoms. The number of amides is 1. The van der Waals surface area contributed by atoms with Crippen molar-refractivity contribution in [1.82, 2.24) is 9.88 Å². The number of rotatable bonds is 3. The van der Waals surface area contributed by atoms with E-state index in [9.17, 15) is 4.79 Å². The summed E-state index contributed by atoms with van der Waals surface area (Å²) in [6.45, 7) is 5.25. The molecular weight excluding hydrogens is 242 g/mol. The molecule has 1 unspecified atom stereocenters. The molecule has 0 aromatic carbocycles. The maximum Gasteiger partial charge on any atom is 0.250 e. The molecule has 0 bridgehead atoms. The fourth-order valence-electron chi connectivity index (χ4n) is 2.14. The average molecular weight is 259 g/mol. The molecule has 2 heterocycles. The van der Waals surface area contributed by atoms with Gasteiger partial charge in [0.25, 0.3) is 0 Å². The van der Waals surface area contributed by atoms with Crippen LogP contribution in [0.3, 0.4) is 0 Å². The van der Waals surface area contributed by atoms with Crippen LogP contribution in [-0.4, -0.2) is 48.0 Å². The number of carbonyl (C=O) groups excluding carboxylic acids is 1. The van der Waals surface area contributed by atoms with Gasteiger partial charge in [-0.25, -0.2) is 4.98 Å². The Morgan fingerprint density at radius 2 is 2.11 bits per heavy atom. The fourth-order valence-corrected chi connectivity index (χ4v) is 2.14. The maximum absolute atomic E-state index is 11.0. The summed E-state index contributed by atoms with van der Waals surface area (Å²) in [7, 11) is 0. The van der Waals surface area contributed by atoms with Crippen LogP contribution in [0, 0.1) is 11.3 Å². The first-order valence-corrected chi connectivity index (χ1v) is 6.26. The molecule has 1 aromatic heterocycles. The molecule has 1 atom stereocenters. The van der Waals surface area contributed by atoms with Gasteiger partial charge >= 0.3 is 0 Å². The average Bonchev–Trinajstić information content (AvgIpc) is 2.46. The van der Waals surface area contributed by atoms with Crippen molar-refractivity contribution >= 4 is 11.7 Å². The minimum Gasteiger partial charge on any atom is -0.366 e. The number of nitrogens with two attached hydrogens (primary N) is 1. The third-order valence-electron chi connectivity index (χ3n) is 3.41. The Morgan fingerprint density at radius 1 is 1.42 bits per heavy atom. The molecular formula is C13H17N5O. The smallest absolute Gasteiger partial charge is 0.250 e. The Kier molecular flexibility index (Phi) is 3.97. The van der Waals surface area contributed by atoms with Gasteiger partial charge in [-0.15, -0.1) is 0 Å². The Morgan fingerprint density at radius 3 is 2.58 bits per heavy atom. The minimum absolute atomic E-state index is 0.0488. The first-order valence-electron chi connectivity index (χ1n) is 6.26. The van der Waals surface area contributed by atoms with Crippen molar-refractivity contribution in [2.24, 2.45) is 5.73 Å². The van der Waals surface area contributed by atoms with Gasteiger partial charge in [0.05, 0.1) is 17.7 Å². The lowest BCUT2D eigenvalue weighted by molar-refractivity contribution is 0.1000. The normalized spacial score (nSPS) is 17.8. The van der Waals surface area contributed by atoms with E-state index in [-0.39, 0.29) is 6.04 Å². The highest BCUT2D eigenvalue weighted by Gasteiger charge is 2.21. The molecule has 6 heteroatoms. The lowest BCUT2D eigenvalue weighted by Crippen LogP contribution is -2.49. The summed E-state index contributed by atoms with van der Waals surface area (Å²) in [5.41, 5.74) is 5.60. The van der Waals surface area contributed by atoms with Gasteiger partial charge < -0.3 is 10.6 Å². The van der Waals surface area contributed by atoms with Crippen LogP contribution >= 0.6 is 0 Å². The number of pyridine rings is 1. The molecule has 0 spiro atoms. The molecule has 1 aliphatic rings. The summed E-state index contributed by atoms with van der Waals surface area (Å²) < 4.78 is 0. The van der Waals surface area contributed by atoms with Gasteiger partial charge in [-0.05, 0) is 19.1 Å². The van der Waals surface area contributed by atoms with Gasteiger partial charge in [-0.1, -0.05) is 0 Å². The number of hydrogen-bond acceptors (Lipinski definition) is 5. The molecule has 1 amide bonds. The number of anilines is 1. The van der Waals surface area contributed by atoms with Crippen LogP contribution in [0.1, 0.15) is 17.3 Å². The standard InChI is InChI=1S/C13H17N5O/c1-10(8-14)17-4-6-18(7-5-17)12-3-2-11(9-16-12)13(15)19/h2-3,9-10H,4-7H2,1H3,(H2,15,19). The Balaban J connectivity index is 1.98. The van der Waals surface area contributed by atoms with E-state index < -0.39 is 5.91 Å². The van der Waals surface area contributed by atoms with Gasteiger partial charge in [0, 0.05) is 32.4 Å². The summed E-state index contributed by atoms with van der Waals surface area (Å²) in [6.07, 6.45) is 1.50. The van der Waals surface area contributed by atoms with Crippen LogP contribution < -0.4 is 10.6 Å². The number of carbonyl (C=O) groups is 1. The van der Waals surface area contributed by atoms with Gasteiger partial charge in [-0.2, -0.15) is 5.26 Å². The minimum atomic E-state index is -0.466. The van der Waals surface area contributed by atoms with Crippen LogP contribution in [0.4, 0.5) is 5.82 Å². The van der Waals surface area contributed by atoms with E-state index in [4.69, 9.17) is 11.0 Å². The molecule has 1 aliphatic heterocycles. The molecule has 6 nitrogen and oxygen atoms in total. The first-order chi connectivity index (χ1) is 9.11. The van der Waals surface area contributed by atoms with E-state index >= 15 is 0 Å². The molecule has 1 saturated heterocycles. The predicted molar refractivity (Wildman–Crippen MR) is 71.6 cm³/mol. The van der Waals surface area contributed by atoms with Crippen molar-refractivity contribution in [1.29, 1.82) is 5.26 Å². The van der Waals surface area contributed by atoms with E-state index in [1.165, 1.54) is 6.20 Å². The highest BCUT2D eigenvalue weighted by atomic mass is 16.1. The monoisotopic (exact) mass is 259 g/mol. The number of nitrogens with zero attached hydrogens (tertiary/aromatic N) is 4. The number of primary amides is 1. The molecule has 1 aromatic rings. The Labute approximate surface area is 112 Å². The zero-order valence-corrected chi connectivity index (χ0v) is 10.9. The van der Waals surface area contributed by atoms with Crippen molar-refractivity contribution < 1.29 is 4.79 Å². The van der Waals surface area contributed by atoms with Crippen LogP contribution in [0.5, 0.6) is 0 Å². The second-order valence-electron chi connectivity index (χ2n) is 4.60. The number of aromatic nitrogens is 1. The zero-order chi connectivity index (χ0) is 13.8. The van der Waals surface area contributed by atoms with Crippen molar-refractivity contribution in [3.05, 3.63) is 23.9 Å². The largest absolute Gasteiger partial charge is 0.366 e. The molecule has 2 rings (SSSR count). The number of hydrogen-bond donors (Lipinski definition) is 1. The van der Waals surface area contributed by atoms with E-state index in [2.05, 4.69) is 20.9 Å². The van der Waals surface area contributed by atoms with Gasteiger partial charge in [-0.3, -0.25) is 9.69 Å². The molecule has 0 aliphatic carbocycles. The Bertz CT molecular complexity index is 485. The predicted octanol–water partition coefficient (Wildman–Crippen LogP) is 0.215. The number of nitriles is 1. The van der Waals surface area contributed by atoms with E-state index in [0.29, 0.717) is 5.56 Å².